The zero-order valence-electron chi connectivity index (χ0n) is 9.84. The van der Waals surface area contributed by atoms with Crippen LogP contribution in [0.4, 0.5) is 5.69 Å². The van der Waals surface area contributed by atoms with E-state index < -0.39 is 0 Å². The first-order chi connectivity index (χ1) is 8.66. The van der Waals surface area contributed by atoms with Crippen molar-refractivity contribution >= 4 is 28.7 Å². The lowest BCUT2D eigenvalue weighted by molar-refractivity contribution is -0.117. The Morgan fingerprint density at radius 1 is 1.33 bits per heavy atom. The molecule has 2 aromatic rings. The SMILES string of the molecule is CN1C(=O)Cc2cc(C(=O)c3cccs3)ccc21. The fourth-order valence-electron chi connectivity index (χ4n) is 2.16. The number of carbonyl (C=O) groups excluding carboxylic acids is 2. The average molecular weight is 257 g/mol. The molecule has 1 aliphatic heterocycles. The molecule has 0 spiro atoms. The van der Waals surface area contributed by atoms with Gasteiger partial charge >= 0.3 is 0 Å². The summed E-state index contributed by atoms with van der Waals surface area (Å²) in [5.74, 6) is 0.0977. The lowest BCUT2D eigenvalue weighted by Crippen LogP contribution is -2.20. The molecule has 0 unspecified atom stereocenters. The summed E-state index contributed by atoms with van der Waals surface area (Å²) in [6, 6.07) is 9.15. The van der Waals surface area contributed by atoms with Gasteiger partial charge in [-0.1, -0.05) is 6.07 Å². The highest BCUT2D eigenvalue weighted by molar-refractivity contribution is 7.12. The van der Waals surface area contributed by atoms with Crippen LogP contribution in [0.2, 0.25) is 0 Å². The van der Waals surface area contributed by atoms with Crippen molar-refractivity contribution < 1.29 is 9.59 Å². The Balaban J connectivity index is 2.00. The minimum atomic E-state index is 0.0230. The molecule has 0 aliphatic carbocycles. The number of rotatable bonds is 2. The van der Waals surface area contributed by atoms with Gasteiger partial charge in [-0.05, 0) is 35.2 Å². The van der Waals surface area contributed by atoms with Gasteiger partial charge in [-0.2, -0.15) is 0 Å². The van der Waals surface area contributed by atoms with Gasteiger partial charge in [0.15, 0.2) is 0 Å². The smallest absolute Gasteiger partial charge is 0.231 e. The number of anilines is 1. The summed E-state index contributed by atoms with van der Waals surface area (Å²) in [6.07, 6.45) is 0.386. The Kier molecular flexibility index (Phi) is 2.52. The highest BCUT2D eigenvalue weighted by Gasteiger charge is 2.25. The third-order valence-electron chi connectivity index (χ3n) is 3.16. The lowest BCUT2D eigenvalue weighted by Gasteiger charge is -2.09. The Hall–Kier alpha value is -1.94. The molecule has 1 aromatic heterocycles. The fourth-order valence-corrected chi connectivity index (χ4v) is 2.85. The molecular formula is C14H11NO2S. The number of carbonyl (C=O) groups is 2. The number of amides is 1. The van der Waals surface area contributed by atoms with Gasteiger partial charge in [-0.25, -0.2) is 0 Å². The van der Waals surface area contributed by atoms with E-state index >= 15 is 0 Å². The van der Waals surface area contributed by atoms with E-state index in [1.807, 2.05) is 29.6 Å². The van der Waals surface area contributed by atoms with Gasteiger partial charge in [0, 0.05) is 18.3 Å². The molecule has 0 atom stereocenters. The summed E-state index contributed by atoms with van der Waals surface area (Å²) < 4.78 is 0. The van der Waals surface area contributed by atoms with E-state index in [-0.39, 0.29) is 11.7 Å². The summed E-state index contributed by atoms with van der Waals surface area (Å²) in [6.45, 7) is 0. The Bertz CT molecular complexity index is 631. The monoisotopic (exact) mass is 257 g/mol. The maximum Gasteiger partial charge on any atom is 0.231 e. The topological polar surface area (TPSA) is 37.4 Å². The van der Waals surface area contributed by atoms with Crippen LogP contribution < -0.4 is 4.90 Å². The van der Waals surface area contributed by atoms with E-state index in [9.17, 15) is 9.59 Å². The van der Waals surface area contributed by atoms with Crippen molar-refractivity contribution in [3.05, 3.63) is 51.7 Å². The van der Waals surface area contributed by atoms with Crippen molar-refractivity contribution in [3.63, 3.8) is 0 Å². The maximum atomic E-state index is 12.2. The predicted molar refractivity (Wildman–Crippen MR) is 71.3 cm³/mol. The number of likely N-dealkylation sites (N-methyl/N-ethyl adjacent to an activating group) is 1. The van der Waals surface area contributed by atoms with Gasteiger partial charge in [0.25, 0.3) is 0 Å². The number of benzene rings is 1. The van der Waals surface area contributed by atoms with E-state index in [1.54, 1.807) is 18.0 Å². The largest absolute Gasteiger partial charge is 0.315 e. The molecule has 0 bridgehead atoms. The molecule has 0 saturated carbocycles. The van der Waals surface area contributed by atoms with Crippen molar-refractivity contribution in [1.29, 1.82) is 0 Å². The molecule has 1 aliphatic rings. The number of hydrogen-bond acceptors (Lipinski definition) is 3. The Labute approximate surface area is 109 Å². The number of ketones is 1. The standard InChI is InChI=1S/C14H11NO2S/c1-15-11-5-4-9(7-10(11)8-13(15)16)14(17)12-3-2-6-18-12/h2-7H,8H2,1H3. The third kappa shape index (κ3) is 1.66. The van der Waals surface area contributed by atoms with Crippen LogP contribution in [0.5, 0.6) is 0 Å². The molecule has 3 rings (SSSR count). The minimum Gasteiger partial charge on any atom is -0.315 e. The number of nitrogens with zero attached hydrogens (tertiary/aromatic N) is 1. The molecule has 4 heteroatoms. The predicted octanol–water partition coefficient (Wildman–Crippen LogP) is 2.50. The molecule has 1 amide bonds. The minimum absolute atomic E-state index is 0.0230. The van der Waals surface area contributed by atoms with Gasteiger partial charge in [0.1, 0.15) is 0 Å². The molecule has 0 saturated heterocycles. The van der Waals surface area contributed by atoms with Gasteiger partial charge in [0.05, 0.1) is 11.3 Å². The fraction of sp³-hybridized carbons (Fsp3) is 0.143. The zero-order chi connectivity index (χ0) is 12.7. The molecule has 0 radical (unpaired) electrons. The van der Waals surface area contributed by atoms with Crippen molar-refractivity contribution in [2.75, 3.05) is 11.9 Å². The molecule has 3 nitrogen and oxygen atoms in total. The molecule has 2 heterocycles. The van der Waals surface area contributed by atoms with Crippen LogP contribution in [0.1, 0.15) is 20.8 Å². The first-order valence-electron chi connectivity index (χ1n) is 5.64. The van der Waals surface area contributed by atoms with Crippen LogP contribution in [-0.4, -0.2) is 18.7 Å². The summed E-state index contributed by atoms with van der Waals surface area (Å²) in [7, 11) is 1.76. The quantitative estimate of drug-likeness (QED) is 0.775. The molecule has 1 aromatic carbocycles. The number of thiophene rings is 1. The molecule has 0 fully saturated rings. The van der Waals surface area contributed by atoms with Gasteiger partial charge < -0.3 is 4.90 Å². The van der Waals surface area contributed by atoms with E-state index in [1.165, 1.54) is 11.3 Å². The molecule has 0 N–H and O–H groups in total. The van der Waals surface area contributed by atoms with Crippen molar-refractivity contribution in [2.24, 2.45) is 0 Å². The first-order valence-corrected chi connectivity index (χ1v) is 6.52. The highest BCUT2D eigenvalue weighted by atomic mass is 32.1. The summed E-state index contributed by atoms with van der Waals surface area (Å²) >= 11 is 1.43. The Morgan fingerprint density at radius 3 is 2.89 bits per heavy atom. The summed E-state index contributed by atoms with van der Waals surface area (Å²) in [5, 5.41) is 1.89. The third-order valence-corrected chi connectivity index (χ3v) is 4.03. The maximum absolute atomic E-state index is 12.2. The summed E-state index contributed by atoms with van der Waals surface area (Å²) in [5.41, 5.74) is 2.49. The van der Waals surface area contributed by atoms with Crippen LogP contribution >= 0.6 is 11.3 Å². The second-order valence-electron chi connectivity index (χ2n) is 4.28. The average Bonchev–Trinajstić information content (AvgIpc) is 2.98. The lowest BCUT2D eigenvalue weighted by atomic mass is 10.0. The van der Waals surface area contributed by atoms with Crippen molar-refractivity contribution in [3.8, 4) is 0 Å². The van der Waals surface area contributed by atoms with Crippen molar-refractivity contribution in [2.45, 2.75) is 6.42 Å². The van der Waals surface area contributed by atoms with Crippen LogP contribution in [-0.2, 0) is 11.2 Å². The zero-order valence-corrected chi connectivity index (χ0v) is 10.7. The normalized spacial score (nSPS) is 13.8. The van der Waals surface area contributed by atoms with Crippen LogP contribution in [0, 0.1) is 0 Å². The molecular weight excluding hydrogens is 246 g/mol. The second kappa shape index (κ2) is 4.07. The second-order valence-corrected chi connectivity index (χ2v) is 5.23. The summed E-state index contributed by atoms with van der Waals surface area (Å²) in [4.78, 5) is 26.1. The number of hydrogen-bond donors (Lipinski definition) is 0. The van der Waals surface area contributed by atoms with E-state index in [0.29, 0.717) is 12.0 Å². The molecule has 18 heavy (non-hydrogen) atoms. The van der Waals surface area contributed by atoms with E-state index in [2.05, 4.69) is 0 Å². The highest BCUT2D eigenvalue weighted by Crippen LogP contribution is 2.29. The van der Waals surface area contributed by atoms with E-state index in [4.69, 9.17) is 0 Å². The first kappa shape index (κ1) is 11.2. The van der Waals surface area contributed by atoms with Crippen LogP contribution in [0.3, 0.4) is 0 Å². The number of fused-ring (bicyclic) bond motifs is 1. The van der Waals surface area contributed by atoms with Crippen LogP contribution in [0.25, 0.3) is 0 Å². The Morgan fingerprint density at radius 2 is 2.17 bits per heavy atom. The van der Waals surface area contributed by atoms with Gasteiger partial charge in [0.2, 0.25) is 11.7 Å². The van der Waals surface area contributed by atoms with Crippen LogP contribution in [0.15, 0.2) is 35.7 Å². The van der Waals surface area contributed by atoms with Gasteiger partial charge in [-0.15, -0.1) is 11.3 Å². The van der Waals surface area contributed by atoms with Gasteiger partial charge in [-0.3, -0.25) is 9.59 Å². The molecule has 90 valence electrons. The van der Waals surface area contributed by atoms with Crippen molar-refractivity contribution in [1.82, 2.24) is 0 Å². The van der Waals surface area contributed by atoms with E-state index in [0.717, 1.165) is 16.1 Å².